The van der Waals surface area contributed by atoms with Gasteiger partial charge in [-0.1, -0.05) is 40.5 Å². The smallest absolute Gasteiger partial charge is 0.251 e. The summed E-state index contributed by atoms with van der Waals surface area (Å²) in [4.78, 5) is 12.2. The lowest BCUT2D eigenvalue weighted by molar-refractivity contribution is 0.0939. The first-order valence-corrected chi connectivity index (χ1v) is 6.19. The molecule has 3 heteroatoms. The summed E-state index contributed by atoms with van der Waals surface area (Å²) < 4.78 is 0. The van der Waals surface area contributed by atoms with Crippen molar-refractivity contribution in [3.63, 3.8) is 0 Å². The van der Waals surface area contributed by atoms with Crippen LogP contribution < -0.4 is 5.32 Å². The molecular weight excluding hydrogens is 254 g/mol. The van der Waals surface area contributed by atoms with Crippen LogP contribution in [0.3, 0.4) is 0 Å². The third kappa shape index (κ3) is 2.59. The van der Waals surface area contributed by atoms with E-state index in [-0.39, 0.29) is 11.9 Å². The van der Waals surface area contributed by atoms with Crippen molar-refractivity contribution in [3.8, 4) is 0 Å². The van der Waals surface area contributed by atoms with Gasteiger partial charge in [-0.25, -0.2) is 0 Å². The van der Waals surface area contributed by atoms with Crippen molar-refractivity contribution in [3.05, 3.63) is 35.9 Å². The third-order valence-corrected chi connectivity index (χ3v) is 3.88. The largest absolute Gasteiger partial charge is 0.348 e. The number of nitrogens with one attached hydrogen (secondary N) is 1. The molecule has 2 atom stereocenters. The fourth-order valence-electron chi connectivity index (χ4n) is 1.92. The van der Waals surface area contributed by atoms with Crippen molar-refractivity contribution >= 4 is 21.8 Å². The molecule has 2 rings (SSSR count). The molecule has 0 spiro atoms. The average Bonchev–Trinajstić information content (AvgIpc) is 2.66. The summed E-state index contributed by atoms with van der Waals surface area (Å²) in [6.45, 7) is 0. The zero-order valence-corrected chi connectivity index (χ0v) is 10.0. The van der Waals surface area contributed by atoms with Crippen LogP contribution in [-0.2, 0) is 0 Å². The SMILES string of the molecule is O=C(NC1CCCC1Br)c1ccccc1. The van der Waals surface area contributed by atoms with Crippen molar-refractivity contribution in [2.24, 2.45) is 0 Å². The highest BCUT2D eigenvalue weighted by Crippen LogP contribution is 2.25. The number of amides is 1. The molecule has 1 amide bonds. The Morgan fingerprint density at radius 2 is 2.00 bits per heavy atom. The third-order valence-electron chi connectivity index (χ3n) is 2.78. The highest BCUT2D eigenvalue weighted by molar-refractivity contribution is 9.09. The first-order valence-electron chi connectivity index (χ1n) is 5.27. The highest BCUT2D eigenvalue weighted by Gasteiger charge is 2.26. The molecule has 0 aromatic heterocycles. The standard InChI is InChI=1S/C12H14BrNO/c13-10-7-4-8-11(10)14-12(15)9-5-2-1-3-6-9/h1-3,5-6,10-11H,4,7-8H2,(H,14,15). The van der Waals surface area contributed by atoms with Gasteiger partial charge in [-0.05, 0) is 25.0 Å². The van der Waals surface area contributed by atoms with Gasteiger partial charge in [0.15, 0.2) is 0 Å². The van der Waals surface area contributed by atoms with Gasteiger partial charge in [0, 0.05) is 16.4 Å². The van der Waals surface area contributed by atoms with Crippen LogP contribution in [0.5, 0.6) is 0 Å². The monoisotopic (exact) mass is 267 g/mol. The van der Waals surface area contributed by atoms with E-state index in [4.69, 9.17) is 0 Å². The second-order valence-electron chi connectivity index (χ2n) is 3.89. The van der Waals surface area contributed by atoms with E-state index in [0.717, 1.165) is 18.4 Å². The van der Waals surface area contributed by atoms with Crippen LogP contribution in [0.1, 0.15) is 29.6 Å². The molecule has 1 saturated carbocycles. The van der Waals surface area contributed by atoms with Gasteiger partial charge >= 0.3 is 0 Å². The van der Waals surface area contributed by atoms with Crippen molar-refractivity contribution in [1.29, 1.82) is 0 Å². The summed E-state index contributed by atoms with van der Waals surface area (Å²) in [5.41, 5.74) is 0.740. The van der Waals surface area contributed by atoms with Crippen LogP contribution >= 0.6 is 15.9 Å². The zero-order valence-electron chi connectivity index (χ0n) is 8.45. The molecule has 2 nitrogen and oxygen atoms in total. The Bertz CT molecular complexity index is 339. The summed E-state index contributed by atoms with van der Waals surface area (Å²) in [7, 11) is 0. The fourth-order valence-corrected chi connectivity index (χ4v) is 2.64. The quantitative estimate of drug-likeness (QED) is 0.821. The van der Waals surface area contributed by atoms with Gasteiger partial charge in [0.2, 0.25) is 0 Å². The molecule has 0 aliphatic heterocycles. The van der Waals surface area contributed by atoms with Crippen molar-refractivity contribution in [2.45, 2.75) is 30.1 Å². The average molecular weight is 268 g/mol. The van der Waals surface area contributed by atoms with Crippen molar-refractivity contribution in [1.82, 2.24) is 5.32 Å². The van der Waals surface area contributed by atoms with Crippen LogP contribution in [0.4, 0.5) is 0 Å². The van der Waals surface area contributed by atoms with Gasteiger partial charge in [0.25, 0.3) is 5.91 Å². The normalized spacial score (nSPS) is 25.1. The number of halogens is 1. The van der Waals surface area contributed by atoms with E-state index in [1.54, 1.807) is 0 Å². The molecule has 1 aliphatic carbocycles. The van der Waals surface area contributed by atoms with Gasteiger partial charge < -0.3 is 5.32 Å². The van der Waals surface area contributed by atoms with E-state index in [1.165, 1.54) is 6.42 Å². The van der Waals surface area contributed by atoms with Gasteiger partial charge in [0.1, 0.15) is 0 Å². The summed E-state index contributed by atoms with van der Waals surface area (Å²) in [6.07, 6.45) is 3.42. The number of carbonyl (C=O) groups excluding carboxylic acids is 1. The Morgan fingerprint density at radius 1 is 1.27 bits per heavy atom. The van der Waals surface area contributed by atoms with Crippen LogP contribution in [0.2, 0.25) is 0 Å². The molecule has 1 fully saturated rings. The molecule has 0 radical (unpaired) electrons. The summed E-state index contributed by atoms with van der Waals surface area (Å²) >= 11 is 3.59. The zero-order chi connectivity index (χ0) is 10.7. The van der Waals surface area contributed by atoms with Crippen molar-refractivity contribution in [2.75, 3.05) is 0 Å². The summed E-state index contributed by atoms with van der Waals surface area (Å²) in [5, 5.41) is 3.06. The van der Waals surface area contributed by atoms with Gasteiger partial charge in [-0.2, -0.15) is 0 Å². The molecule has 1 aliphatic rings. The number of alkyl halides is 1. The van der Waals surface area contributed by atoms with Gasteiger partial charge in [-0.15, -0.1) is 0 Å². The maximum atomic E-state index is 11.8. The number of hydrogen-bond acceptors (Lipinski definition) is 1. The summed E-state index contributed by atoms with van der Waals surface area (Å²) in [6, 6.07) is 9.66. The Labute approximate surface area is 98.2 Å². The van der Waals surface area contributed by atoms with Crippen molar-refractivity contribution < 1.29 is 4.79 Å². The van der Waals surface area contributed by atoms with Gasteiger partial charge in [0.05, 0.1) is 0 Å². The maximum absolute atomic E-state index is 11.8. The predicted octanol–water partition coefficient (Wildman–Crippen LogP) is 2.73. The second-order valence-corrected chi connectivity index (χ2v) is 5.07. The molecule has 0 saturated heterocycles. The second kappa shape index (κ2) is 4.79. The first kappa shape index (κ1) is 10.7. The Hall–Kier alpha value is -0.830. The lowest BCUT2D eigenvalue weighted by Crippen LogP contribution is -2.37. The molecule has 0 bridgehead atoms. The van der Waals surface area contributed by atoms with Crippen LogP contribution in [-0.4, -0.2) is 16.8 Å². The molecule has 1 N–H and O–H groups in total. The van der Waals surface area contributed by atoms with E-state index < -0.39 is 0 Å². The minimum atomic E-state index is 0.0342. The molecule has 1 aromatic rings. The minimum absolute atomic E-state index is 0.0342. The van der Waals surface area contributed by atoms with E-state index in [9.17, 15) is 4.79 Å². The Morgan fingerprint density at radius 3 is 2.60 bits per heavy atom. The molecule has 80 valence electrons. The number of hydrogen-bond donors (Lipinski definition) is 1. The molecule has 1 aromatic carbocycles. The Balaban J connectivity index is 1.98. The van der Waals surface area contributed by atoms with Crippen LogP contribution in [0.15, 0.2) is 30.3 Å². The molecule has 0 heterocycles. The van der Waals surface area contributed by atoms with Crippen LogP contribution in [0.25, 0.3) is 0 Å². The van der Waals surface area contributed by atoms with E-state index in [1.807, 2.05) is 30.3 Å². The molecular formula is C12H14BrNO. The molecule has 2 unspecified atom stereocenters. The van der Waals surface area contributed by atoms with Crippen LogP contribution in [0, 0.1) is 0 Å². The van der Waals surface area contributed by atoms with Gasteiger partial charge in [-0.3, -0.25) is 4.79 Å². The Kier molecular flexibility index (Phi) is 3.41. The number of carbonyl (C=O) groups is 1. The lowest BCUT2D eigenvalue weighted by atomic mass is 10.2. The highest BCUT2D eigenvalue weighted by atomic mass is 79.9. The maximum Gasteiger partial charge on any atom is 0.251 e. The molecule has 15 heavy (non-hydrogen) atoms. The number of benzene rings is 1. The van der Waals surface area contributed by atoms with E-state index in [2.05, 4.69) is 21.2 Å². The topological polar surface area (TPSA) is 29.1 Å². The number of rotatable bonds is 2. The predicted molar refractivity (Wildman–Crippen MR) is 64.3 cm³/mol. The fraction of sp³-hybridized carbons (Fsp3) is 0.417. The van der Waals surface area contributed by atoms with E-state index in [0.29, 0.717) is 4.83 Å². The lowest BCUT2D eigenvalue weighted by Gasteiger charge is -2.15. The first-order chi connectivity index (χ1) is 7.27. The minimum Gasteiger partial charge on any atom is -0.348 e. The van der Waals surface area contributed by atoms with E-state index >= 15 is 0 Å². The summed E-state index contributed by atoms with van der Waals surface area (Å²) in [5.74, 6) is 0.0342.